The molecule has 0 fully saturated rings. The first kappa shape index (κ1) is 30.8. The van der Waals surface area contributed by atoms with Crippen LogP contribution in [0.3, 0.4) is 0 Å². The summed E-state index contributed by atoms with van der Waals surface area (Å²) in [4.78, 5) is 25.9. The number of nitrogens with one attached hydrogen (secondary N) is 2. The number of rotatable bonds is 11. The molecule has 0 aliphatic rings. The van der Waals surface area contributed by atoms with E-state index < -0.39 is 0 Å². The van der Waals surface area contributed by atoms with E-state index in [0.717, 1.165) is 51.2 Å². The fraction of sp³-hybridized carbons (Fsp3) is 0.242. The number of fused-ring (bicyclic) bond motifs is 1. The fourth-order valence-electron chi connectivity index (χ4n) is 5.19. The predicted molar refractivity (Wildman–Crippen MR) is 182 cm³/mol. The number of hydrogen-bond donors (Lipinski definition) is 2. The van der Waals surface area contributed by atoms with Crippen LogP contribution in [0.15, 0.2) is 78.1 Å². The lowest BCUT2D eigenvalue weighted by Gasteiger charge is -2.26. The van der Waals surface area contributed by atoms with Gasteiger partial charge in [0.05, 0.1) is 35.4 Å². The first-order valence-electron chi connectivity index (χ1n) is 14.2. The van der Waals surface area contributed by atoms with Crippen molar-refractivity contribution in [1.29, 1.82) is 0 Å². The molecule has 0 aliphatic carbocycles. The third-order valence-electron chi connectivity index (χ3n) is 7.45. The molecule has 5 rings (SSSR count). The molecule has 0 atom stereocenters. The Hall–Kier alpha value is -4.61. The number of carbonyl (C=O) groups is 1. The zero-order valence-corrected chi connectivity index (χ0v) is 27.4. The summed E-state index contributed by atoms with van der Waals surface area (Å²) in [6, 6.07) is 16.2. The number of likely N-dealkylation sites (N-methyl/N-ethyl adjacent to an activating group) is 2. The summed E-state index contributed by atoms with van der Waals surface area (Å²) in [5.74, 6) is 1.35. The van der Waals surface area contributed by atoms with Crippen molar-refractivity contribution in [3.63, 3.8) is 0 Å². The molecule has 0 aliphatic heterocycles. The number of ether oxygens (including phenoxy) is 1. The van der Waals surface area contributed by atoms with E-state index >= 15 is 0 Å². The molecule has 2 N–H and O–H groups in total. The average molecular weight is 658 g/mol. The molecule has 0 bridgehead atoms. The summed E-state index contributed by atoms with van der Waals surface area (Å²) in [5, 5.41) is 7.33. The lowest BCUT2D eigenvalue weighted by molar-refractivity contribution is -0.111. The molecule has 0 saturated heterocycles. The second kappa shape index (κ2) is 12.9. The maximum absolute atomic E-state index is 12.3. The summed E-state index contributed by atoms with van der Waals surface area (Å²) in [6.45, 7) is 9.40. The molecule has 10 nitrogen and oxygen atoms in total. The Kier molecular flexibility index (Phi) is 9.07. The molecule has 11 heteroatoms. The molecule has 0 spiro atoms. The van der Waals surface area contributed by atoms with Crippen molar-refractivity contribution in [2.45, 2.75) is 13.8 Å². The number of anilines is 4. The lowest BCUT2D eigenvalue weighted by atomic mass is 10.2. The van der Waals surface area contributed by atoms with Gasteiger partial charge in [-0.05, 0) is 76.5 Å². The number of methoxy groups -OCH3 is 1. The standard InChI is InChI=1S/C33H37BrN8O2/c1-8-32(43)36-25-19-26(30(44-7)20-29(25)40(6)16-15-39(4)5)37-33-35-13-11-31(38-33)41-14-12-24-27(41)17-23(34)18-28(24)42-21(2)9-10-22(42)3/h8-14,17-20H,1,15-16H2,2-7H3,(H,36,43)(H,35,37,38). The average Bonchev–Trinajstić information content (AvgIpc) is 3.57. The van der Waals surface area contributed by atoms with E-state index in [-0.39, 0.29) is 5.91 Å². The molecule has 2 aromatic carbocycles. The van der Waals surface area contributed by atoms with Crippen LogP contribution < -0.4 is 20.3 Å². The van der Waals surface area contributed by atoms with Crippen LogP contribution in [0.5, 0.6) is 5.75 Å². The van der Waals surface area contributed by atoms with E-state index in [1.807, 2.05) is 50.1 Å². The highest BCUT2D eigenvalue weighted by atomic mass is 79.9. The first-order chi connectivity index (χ1) is 21.1. The van der Waals surface area contributed by atoms with E-state index in [0.29, 0.717) is 28.9 Å². The second-order valence-electron chi connectivity index (χ2n) is 10.8. The van der Waals surface area contributed by atoms with E-state index in [1.165, 1.54) is 6.08 Å². The zero-order chi connectivity index (χ0) is 31.5. The molecule has 0 unspecified atom stereocenters. The summed E-state index contributed by atoms with van der Waals surface area (Å²) in [7, 11) is 7.63. The van der Waals surface area contributed by atoms with E-state index in [4.69, 9.17) is 9.72 Å². The van der Waals surface area contributed by atoms with Gasteiger partial charge in [0.25, 0.3) is 0 Å². The maximum atomic E-state index is 12.3. The molecule has 0 radical (unpaired) electrons. The van der Waals surface area contributed by atoms with Crippen LogP contribution in [0.1, 0.15) is 11.4 Å². The van der Waals surface area contributed by atoms with Crippen LogP contribution in [0.25, 0.3) is 22.4 Å². The predicted octanol–water partition coefficient (Wildman–Crippen LogP) is 6.47. The van der Waals surface area contributed by atoms with Crippen molar-refractivity contribution in [1.82, 2.24) is 24.0 Å². The van der Waals surface area contributed by atoms with Gasteiger partial charge in [0, 0.05) is 59.8 Å². The van der Waals surface area contributed by atoms with Gasteiger partial charge < -0.3 is 34.3 Å². The number of benzene rings is 2. The fourth-order valence-corrected chi connectivity index (χ4v) is 5.63. The van der Waals surface area contributed by atoms with Crippen molar-refractivity contribution < 1.29 is 9.53 Å². The largest absolute Gasteiger partial charge is 0.494 e. The van der Waals surface area contributed by atoms with Crippen LogP contribution in [-0.4, -0.2) is 71.3 Å². The van der Waals surface area contributed by atoms with Crippen molar-refractivity contribution in [2.75, 3.05) is 56.9 Å². The Bertz CT molecular complexity index is 1820. The summed E-state index contributed by atoms with van der Waals surface area (Å²) < 4.78 is 11.0. The Morgan fingerprint density at radius 3 is 2.48 bits per heavy atom. The Labute approximate surface area is 266 Å². The van der Waals surface area contributed by atoms with E-state index in [2.05, 4.69) is 96.7 Å². The third kappa shape index (κ3) is 6.34. The Balaban J connectivity index is 1.53. The highest BCUT2D eigenvalue weighted by Gasteiger charge is 2.18. The minimum atomic E-state index is -0.308. The van der Waals surface area contributed by atoms with Gasteiger partial charge >= 0.3 is 0 Å². The molecular formula is C33H37BrN8O2. The van der Waals surface area contributed by atoms with E-state index in [9.17, 15) is 4.79 Å². The minimum Gasteiger partial charge on any atom is -0.494 e. The topological polar surface area (TPSA) is 92.5 Å². The summed E-state index contributed by atoms with van der Waals surface area (Å²) in [5.41, 5.74) is 6.45. The summed E-state index contributed by atoms with van der Waals surface area (Å²) in [6.07, 6.45) is 4.98. The number of amides is 1. The quantitative estimate of drug-likeness (QED) is 0.158. The van der Waals surface area contributed by atoms with Gasteiger partial charge in [0.1, 0.15) is 11.6 Å². The normalized spacial score (nSPS) is 11.2. The highest BCUT2D eigenvalue weighted by Crippen LogP contribution is 2.38. The van der Waals surface area contributed by atoms with Crippen LogP contribution >= 0.6 is 15.9 Å². The number of nitrogens with zero attached hydrogens (tertiary/aromatic N) is 6. The molecule has 3 aromatic heterocycles. The number of carbonyl (C=O) groups excluding carboxylic acids is 1. The number of aryl methyl sites for hydroxylation is 2. The van der Waals surface area contributed by atoms with Gasteiger partial charge in [-0.1, -0.05) is 22.5 Å². The molecule has 44 heavy (non-hydrogen) atoms. The second-order valence-corrected chi connectivity index (χ2v) is 11.8. The minimum absolute atomic E-state index is 0.308. The van der Waals surface area contributed by atoms with Gasteiger partial charge in [0.15, 0.2) is 0 Å². The molecule has 5 aromatic rings. The number of aromatic nitrogens is 4. The zero-order valence-electron chi connectivity index (χ0n) is 25.8. The van der Waals surface area contributed by atoms with Crippen molar-refractivity contribution >= 4 is 55.8 Å². The molecule has 0 saturated carbocycles. The Morgan fingerprint density at radius 1 is 1.05 bits per heavy atom. The summed E-state index contributed by atoms with van der Waals surface area (Å²) >= 11 is 3.72. The van der Waals surface area contributed by atoms with Gasteiger partial charge in [-0.2, -0.15) is 4.98 Å². The van der Waals surface area contributed by atoms with Crippen LogP contribution in [0.2, 0.25) is 0 Å². The molecule has 3 heterocycles. The van der Waals surface area contributed by atoms with Crippen molar-refractivity contribution in [2.24, 2.45) is 0 Å². The maximum Gasteiger partial charge on any atom is 0.247 e. The SMILES string of the molecule is C=CC(=O)Nc1cc(Nc2nccc(-n3ccc4c(-n5c(C)ccc5C)cc(Br)cc43)n2)c(OC)cc1N(C)CCN(C)C. The third-order valence-corrected chi connectivity index (χ3v) is 7.91. The first-order valence-corrected chi connectivity index (χ1v) is 15.0. The van der Waals surface area contributed by atoms with Gasteiger partial charge in [-0.15, -0.1) is 0 Å². The number of halogens is 1. The number of hydrogen-bond acceptors (Lipinski definition) is 7. The smallest absolute Gasteiger partial charge is 0.247 e. The van der Waals surface area contributed by atoms with Gasteiger partial charge in [-0.25, -0.2) is 4.98 Å². The van der Waals surface area contributed by atoms with Gasteiger partial charge in [0.2, 0.25) is 11.9 Å². The monoisotopic (exact) mass is 656 g/mol. The van der Waals surface area contributed by atoms with Crippen LogP contribution in [0.4, 0.5) is 23.0 Å². The highest BCUT2D eigenvalue weighted by molar-refractivity contribution is 9.10. The lowest BCUT2D eigenvalue weighted by Crippen LogP contribution is -2.29. The molecular weight excluding hydrogens is 620 g/mol. The molecule has 228 valence electrons. The Morgan fingerprint density at radius 2 is 1.80 bits per heavy atom. The van der Waals surface area contributed by atoms with Crippen LogP contribution in [-0.2, 0) is 4.79 Å². The van der Waals surface area contributed by atoms with E-state index in [1.54, 1.807) is 13.3 Å². The van der Waals surface area contributed by atoms with Crippen LogP contribution in [0, 0.1) is 13.8 Å². The van der Waals surface area contributed by atoms with Crippen molar-refractivity contribution in [3.8, 4) is 17.3 Å². The van der Waals surface area contributed by atoms with Gasteiger partial charge in [-0.3, -0.25) is 4.79 Å². The molecule has 1 amide bonds. The van der Waals surface area contributed by atoms with Crippen molar-refractivity contribution in [3.05, 3.63) is 89.4 Å².